The fourth-order valence-electron chi connectivity index (χ4n) is 4.67. The molecule has 0 aromatic carbocycles. The molecule has 2 unspecified atom stereocenters. The van der Waals surface area contributed by atoms with Crippen molar-refractivity contribution in [3.63, 3.8) is 0 Å². The Morgan fingerprint density at radius 1 is 1.04 bits per heavy atom. The number of hydrogen-bond donors (Lipinski definition) is 1. The second-order valence-corrected chi connectivity index (χ2v) is 7.44. The number of aromatic nitrogens is 1. The number of fused-ring (bicyclic) bond motifs is 4. The number of pyridine rings is 1. The van der Waals surface area contributed by atoms with E-state index in [2.05, 4.69) is 0 Å². The first-order chi connectivity index (χ1) is 12.0. The van der Waals surface area contributed by atoms with Crippen molar-refractivity contribution in [3.05, 3.63) is 46.4 Å². The summed E-state index contributed by atoms with van der Waals surface area (Å²) in [4.78, 5) is 38.5. The summed E-state index contributed by atoms with van der Waals surface area (Å²) in [6, 6.07) is 5.33. The van der Waals surface area contributed by atoms with Crippen molar-refractivity contribution < 1.29 is 14.7 Å². The lowest BCUT2D eigenvalue weighted by Gasteiger charge is -2.44. The summed E-state index contributed by atoms with van der Waals surface area (Å²) in [7, 11) is 0. The Bertz CT molecular complexity index is 797. The van der Waals surface area contributed by atoms with E-state index in [1.807, 2.05) is 27.7 Å². The molecule has 3 aliphatic rings. The van der Waals surface area contributed by atoms with Gasteiger partial charge in [0.15, 0.2) is 0 Å². The van der Waals surface area contributed by atoms with Gasteiger partial charge in [0.1, 0.15) is 0 Å². The van der Waals surface area contributed by atoms with Crippen molar-refractivity contribution in [3.8, 4) is 0 Å². The molecule has 25 heavy (non-hydrogen) atoms. The summed E-state index contributed by atoms with van der Waals surface area (Å²) in [6.45, 7) is 1.83. The highest BCUT2D eigenvalue weighted by molar-refractivity contribution is 5.85. The van der Waals surface area contributed by atoms with Crippen LogP contribution in [0.5, 0.6) is 0 Å². The minimum atomic E-state index is -0.892. The Labute approximate surface area is 145 Å². The van der Waals surface area contributed by atoms with Gasteiger partial charge in [0, 0.05) is 37.3 Å². The second-order valence-electron chi connectivity index (χ2n) is 7.44. The highest BCUT2D eigenvalue weighted by Crippen LogP contribution is 2.37. The molecule has 1 aliphatic carbocycles. The predicted octanol–water partition coefficient (Wildman–Crippen LogP) is 1.46. The quantitative estimate of drug-likeness (QED) is 0.825. The SMILES string of the molecule is O=C(O)C1CC=CCC1C(=O)N1C[C@@H]2C[C@@H](C1)c1cccc(=O)n1C2. The first kappa shape index (κ1) is 16.1. The third-order valence-electron chi connectivity index (χ3n) is 5.86. The van der Waals surface area contributed by atoms with Crippen LogP contribution in [-0.2, 0) is 16.1 Å². The van der Waals surface area contributed by atoms with E-state index in [4.69, 9.17) is 0 Å². The first-order valence-corrected chi connectivity index (χ1v) is 8.91. The number of carbonyl (C=O) groups excluding carboxylic acids is 1. The molecule has 0 spiro atoms. The molecule has 1 N–H and O–H groups in total. The van der Waals surface area contributed by atoms with Crippen LogP contribution in [0.1, 0.15) is 30.9 Å². The molecule has 6 nitrogen and oxygen atoms in total. The molecule has 4 rings (SSSR count). The fourth-order valence-corrected chi connectivity index (χ4v) is 4.67. The highest BCUT2D eigenvalue weighted by Gasteiger charge is 2.41. The van der Waals surface area contributed by atoms with Gasteiger partial charge in [0.2, 0.25) is 5.91 Å². The molecule has 1 aromatic rings. The van der Waals surface area contributed by atoms with Crippen molar-refractivity contribution >= 4 is 11.9 Å². The van der Waals surface area contributed by atoms with E-state index < -0.39 is 17.8 Å². The van der Waals surface area contributed by atoms with Gasteiger partial charge >= 0.3 is 5.97 Å². The lowest BCUT2D eigenvalue weighted by molar-refractivity contribution is -0.151. The third kappa shape index (κ3) is 2.79. The molecule has 3 heterocycles. The van der Waals surface area contributed by atoms with Gasteiger partial charge in [-0.3, -0.25) is 14.4 Å². The zero-order valence-electron chi connectivity index (χ0n) is 14.0. The van der Waals surface area contributed by atoms with E-state index >= 15 is 0 Å². The summed E-state index contributed by atoms with van der Waals surface area (Å²) >= 11 is 0. The number of allylic oxidation sites excluding steroid dienone is 2. The van der Waals surface area contributed by atoms with E-state index in [9.17, 15) is 19.5 Å². The van der Waals surface area contributed by atoms with Gasteiger partial charge in [-0.2, -0.15) is 0 Å². The van der Waals surface area contributed by atoms with Crippen LogP contribution in [0.25, 0.3) is 0 Å². The lowest BCUT2D eigenvalue weighted by Crippen LogP contribution is -2.51. The number of aliphatic carboxylic acids is 1. The summed E-state index contributed by atoms with van der Waals surface area (Å²) in [5.41, 5.74) is 1.02. The molecule has 6 heteroatoms. The molecular weight excluding hydrogens is 320 g/mol. The van der Waals surface area contributed by atoms with Crippen LogP contribution in [-0.4, -0.2) is 39.5 Å². The van der Waals surface area contributed by atoms with Crippen molar-refractivity contribution in [2.75, 3.05) is 13.1 Å². The van der Waals surface area contributed by atoms with Crippen molar-refractivity contribution in [1.82, 2.24) is 9.47 Å². The predicted molar refractivity (Wildman–Crippen MR) is 91.1 cm³/mol. The molecule has 132 valence electrons. The number of hydrogen-bond acceptors (Lipinski definition) is 3. The van der Waals surface area contributed by atoms with Crippen LogP contribution in [0.3, 0.4) is 0 Å². The van der Waals surface area contributed by atoms with Crippen LogP contribution in [0.4, 0.5) is 0 Å². The maximum Gasteiger partial charge on any atom is 0.307 e. The molecule has 1 amide bonds. The Morgan fingerprint density at radius 3 is 2.56 bits per heavy atom. The van der Waals surface area contributed by atoms with Crippen LogP contribution in [0, 0.1) is 17.8 Å². The van der Waals surface area contributed by atoms with Gasteiger partial charge < -0.3 is 14.6 Å². The van der Waals surface area contributed by atoms with Crippen LogP contribution in [0.2, 0.25) is 0 Å². The number of carbonyl (C=O) groups is 2. The third-order valence-corrected chi connectivity index (χ3v) is 5.86. The average Bonchev–Trinajstić information content (AvgIpc) is 2.62. The largest absolute Gasteiger partial charge is 0.481 e. The van der Waals surface area contributed by atoms with Crippen LogP contribution in [0.15, 0.2) is 35.1 Å². The van der Waals surface area contributed by atoms with Crippen molar-refractivity contribution in [2.24, 2.45) is 17.8 Å². The van der Waals surface area contributed by atoms with E-state index in [-0.39, 0.29) is 23.3 Å². The number of carboxylic acids is 1. The standard InChI is InChI=1S/C19H22N2O4/c22-17-7-3-6-16-13-8-12(10-21(16)17)9-20(11-13)18(23)14-4-1-2-5-15(14)19(24)25/h1-3,6-7,12-15H,4-5,8-11H2,(H,24,25)/t12-,13-,14?,15?/m0/s1. The normalized spacial score (nSPS) is 30.6. The van der Waals surface area contributed by atoms with Gasteiger partial charge in [0.25, 0.3) is 5.56 Å². The van der Waals surface area contributed by atoms with Gasteiger partial charge in [-0.15, -0.1) is 0 Å². The lowest BCUT2D eigenvalue weighted by atomic mass is 9.79. The van der Waals surface area contributed by atoms with Gasteiger partial charge in [0.05, 0.1) is 11.8 Å². The van der Waals surface area contributed by atoms with E-state index in [1.54, 1.807) is 12.1 Å². The Morgan fingerprint density at radius 2 is 1.80 bits per heavy atom. The number of piperidine rings is 1. The van der Waals surface area contributed by atoms with Gasteiger partial charge in [-0.25, -0.2) is 0 Å². The number of rotatable bonds is 2. The molecule has 1 aromatic heterocycles. The maximum atomic E-state index is 13.0. The molecule has 0 saturated carbocycles. The Hall–Kier alpha value is -2.37. The topological polar surface area (TPSA) is 79.6 Å². The minimum Gasteiger partial charge on any atom is -0.481 e. The molecule has 2 bridgehead atoms. The van der Waals surface area contributed by atoms with E-state index in [0.29, 0.717) is 32.5 Å². The number of likely N-dealkylation sites (tertiary alicyclic amines) is 1. The van der Waals surface area contributed by atoms with Gasteiger partial charge in [-0.1, -0.05) is 18.2 Å². The Balaban J connectivity index is 1.58. The summed E-state index contributed by atoms with van der Waals surface area (Å²) in [6.07, 6.45) is 5.68. The highest BCUT2D eigenvalue weighted by atomic mass is 16.4. The number of carboxylic acid groups (broad SMARTS) is 1. The zero-order chi connectivity index (χ0) is 17.6. The smallest absolute Gasteiger partial charge is 0.307 e. The number of nitrogens with zero attached hydrogens (tertiary/aromatic N) is 2. The average molecular weight is 342 g/mol. The van der Waals surface area contributed by atoms with Crippen LogP contribution < -0.4 is 5.56 Å². The molecule has 0 radical (unpaired) electrons. The van der Waals surface area contributed by atoms with Crippen molar-refractivity contribution in [2.45, 2.75) is 31.7 Å². The summed E-state index contributed by atoms with van der Waals surface area (Å²) in [5, 5.41) is 9.44. The summed E-state index contributed by atoms with van der Waals surface area (Å²) in [5.74, 6) is -1.62. The maximum absolute atomic E-state index is 13.0. The Kier molecular flexibility index (Phi) is 3.98. The fraction of sp³-hybridized carbons (Fsp3) is 0.526. The number of amides is 1. The minimum absolute atomic E-state index is 0.0235. The van der Waals surface area contributed by atoms with E-state index in [0.717, 1.165) is 12.1 Å². The van der Waals surface area contributed by atoms with Crippen LogP contribution >= 0.6 is 0 Å². The van der Waals surface area contributed by atoms with Gasteiger partial charge in [-0.05, 0) is 31.2 Å². The second kappa shape index (κ2) is 6.17. The molecule has 1 saturated heterocycles. The molecule has 1 fully saturated rings. The van der Waals surface area contributed by atoms with Crippen molar-refractivity contribution in [1.29, 1.82) is 0 Å². The monoisotopic (exact) mass is 342 g/mol. The molecule has 2 aliphatic heterocycles. The first-order valence-electron chi connectivity index (χ1n) is 8.91. The zero-order valence-corrected chi connectivity index (χ0v) is 14.0. The summed E-state index contributed by atoms with van der Waals surface area (Å²) < 4.78 is 1.84. The van der Waals surface area contributed by atoms with E-state index in [1.165, 1.54) is 0 Å². The molecular formula is C19H22N2O4. The molecule has 4 atom stereocenters.